The molecule has 0 atom stereocenters. The van der Waals surface area contributed by atoms with Crippen molar-refractivity contribution in [2.45, 2.75) is 6.54 Å². The summed E-state index contributed by atoms with van der Waals surface area (Å²) < 4.78 is 0. The lowest BCUT2D eigenvalue weighted by molar-refractivity contribution is 0.0745. The smallest absolute Gasteiger partial charge is 0.254 e. The van der Waals surface area contributed by atoms with Crippen LogP contribution in [-0.2, 0) is 6.54 Å². The number of nitrogens with zero attached hydrogens (tertiary/aromatic N) is 1. The molecule has 4 nitrogen and oxygen atoms in total. The molecule has 2 heterocycles. The summed E-state index contributed by atoms with van der Waals surface area (Å²) in [5.74, 6) is -0.0274. The quantitative estimate of drug-likeness (QED) is 0.877. The van der Waals surface area contributed by atoms with Gasteiger partial charge in [0.2, 0.25) is 0 Å². The van der Waals surface area contributed by atoms with Crippen LogP contribution in [0.15, 0.2) is 30.3 Å². The number of hydrogen-bond donors (Lipinski definition) is 1. The highest BCUT2D eigenvalue weighted by molar-refractivity contribution is 7.17. The van der Waals surface area contributed by atoms with Gasteiger partial charge < -0.3 is 10.0 Å². The van der Waals surface area contributed by atoms with Crippen molar-refractivity contribution >= 4 is 23.5 Å². The molecular weight excluding hydrogens is 274 g/mol. The first-order chi connectivity index (χ1) is 9.72. The van der Waals surface area contributed by atoms with Crippen molar-refractivity contribution < 1.29 is 14.7 Å². The first-order valence-electron chi connectivity index (χ1n) is 6.31. The highest BCUT2D eigenvalue weighted by Gasteiger charge is 2.26. The van der Waals surface area contributed by atoms with Gasteiger partial charge in [0.05, 0.1) is 11.5 Å². The van der Waals surface area contributed by atoms with E-state index in [0.717, 1.165) is 22.3 Å². The summed E-state index contributed by atoms with van der Waals surface area (Å²) in [6.07, 6.45) is 0.841. The molecule has 0 bridgehead atoms. The van der Waals surface area contributed by atoms with Crippen molar-refractivity contribution in [3.63, 3.8) is 0 Å². The first-order valence-corrected chi connectivity index (χ1v) is 7.13. The van der Waals surface area contributed by atoms with Crippen LogP contribution < -0.4 is 0 Å². The van der Waals surface area contributed by atoms with E-state index in [4.69, 9.17) is 5.11 Å². The Morgan fingerprint density at radius 1 is 1.30 bits per heavy atom. The Kier molecular flexibility index (Phi) is 3.38. The van der Waals surface area contributed by atoms with Crippen LogP contribution in [-0.4, -0.2) is 35.4 Å². The largest absolute Gasteiger partial charge is 0.395 e. The molecule has 0 unspecified atom stereocenters. The maximum atomic E-state index is 12.1. The second kappa shape index (κ2) is 5.19. The molecule has 0 fully saturated rings. The Balaban J connectivity index is 1.93. The van der Waals surface area contributed by atoms with Crippen molar-refractivity contribution in [2.75, 3.05) is 13.2 Å². The molecule has 20 heavy (non-hydrogen) atoms. The number of rotatable bonds is 4. The minimum atomic E-state index is -0.0276. The van der Waals surface area contributed by atoms with E-state index >= 15 is 0 Å². The number of hydrogen-bond acceptors (Lipinski definition) is 4. The van der Waals surface area contributed by atoms with Crippen LogP contribution >= 0.6 is 11.3 Å². The molecule has 3 rings (SSSR count). The number of amides is 1. The minimum Gasteiger partial charge on any atom is -0.395 e. The second-order valence-electron chi connectivity index (χ2n) is 4.64. The van der Waals surface area contributed by atoms with Gasteiger partial charge in [0, 0.05) is 23.5 Å². The molecule has 0 radical (unpaired) electrons. The van der Waals surface area contributed by atoms with Gasteiger partial charge in [-0.05, 0) is 35.4 Å². The maximum Gasteiger partial charge on any atom is 0.254 e. The molecule has 1 aliphatic heterocycles. The molecule has 0 spiro atoms. The molecule has 102 valence electrons. The van der Waals surface area contributed by atoms with E-state index in [1.54, 1.807) is 11.0 Å². The summed E-state index contributed by atoms with van der Waals surface area (Å²) in [6.45, 7) is 0.867. The van der Waals surface area contributed by atoms with Crippen LogP contribution in [0, 0.1) is 0 Å². The maximum absolute atomic E-state index is 12.1. The summed E-state index contributed by atoms with van der Waals surface area (Å²) in [7, 11) is 0. The van der Waals surface area contributed by atoms with Crippen LogP contribution in [0.3, 0.4) is 0 Å². The third-order valence-corrected chi connectivity index (χ3v) is 4.44. The first kappa shape index (κ1) is 13.0. The van der Waals surface area contributed by atoms with Gasteiger partial charge in [-0.15, -0.1) is 11.3 Å². The van der Waals surface area contributed by atoms with Gasteiger partial charge in [-0.3, -0.25) is 9.59 Å². The molecule has 1 aliphatic rings. The van der Waals surface area contributed by atoms with Crippen molar-refractivity contribution in [3.05, 3.63) is 46.3 Å². The average Bonchev–Trinajstić information content (AvgIpc) is 3.05. The molecule has 0 aliphatic carbocycles. The number of aliphatic hydroxyl groups excluding tert-OH is 1. The fourth-order valence-corrected chi connectivity index (χ4v) is 3.23. The molecular formula is C15H13NO3S. The predicted octanol–water partition coefficient (Wildman–Crippen LogP) is 2.18. The van der Waals surface area contributed by atoms with E-state index in [1.165, 1.54) is 11.3 Å². The van der Waals surface area contributed by atoms with Crippen molar-refractivity contribution in [3.8, 4) is 10.4 Å². The summed E-state index contributed by atoms with van der Waals surface area (Å²) in [5.41, 5.74) is 2.69. The zero-order chi connectivity index (χ0) is 14.1. The molecule has 0 saturated heterocycles. The Bertz CT molecular complexity index is 678. The van der Waals surface area contributed by atoms with Gasteiger partial charge in [-0.2, -0.15) is 0 Å². The van der Waals surface area contributed by atoms with Gasteiger partial charge >= 0.3 is 0 Å². The van der Waals surface area contributed by atoms with Crippen LogP contribution in [0.5, 0.6) is 0 Å². The Morgan fingerprint density at radius 3 is 2.85 bits per heavy atom. The van der Waals surface area contributed by atoms with Crippen LogP contribution in [0.4, 0.5) is 0 Å². The molecule has 1 aromatic heterocycles. The lowest BCUT2D eigenvalue weighted by atomic mass is 10.1. The number of benzene rings is 1. The molecule has 1 aromatic carbocycles. The van der Waals surface area contributed by atoms with Gasteiger partial charge in [-0.1, -0.05) is 6.07 Å². The number of fused-ring (bicyclic) bond motifs is 1. The number of carbonyl (C=O) groups is 2. The van der Waals surface area contributed by atoms with Crippen molar-refractivity contribution in [1.29, 1.82) is 0 Å². The SMILES string of the molecule is O=Cc1ccc(-c2ccc3c(c2)CN(CCO)C3=O)s1. The van der Waals surface area contributed by atoms with E-state index in [9.17, 15) is 9.59 Å². The van der Waals surface area contributed by atoms with Gasteiger partial charge in [0.25, 0.3) is 5.91 Å². The normalized spacial score (nSPS) is 13.7. The zero-order valence-electron chi connectivity index (χ0n) is 10.7. The number of β-amino-alcohol motifs (C(OH)–C–C–N with tert-alkyl or cyclic N) is 1. The van der Waals surface area contributed by atoms with Gasteiger partial charge in [0.1, 0.15) is 0 Å². The van der Waals surface area contributed by atoms with E-state index in [2.05, 4.69) is 0 Å². The Labute approximate surface area is 120 Å². The summed E-state index contributed by atoms with van der Waals surface area (Å²) >= 11 is 1.44. The number of aldehydes is 1. The third-order valence-electron chi connectivity index (χ3n) is 3.38. The van der Waals surface area contributed by atoms with Crippen molar-refractivity contribution in [2.24, 2.45) is 0 Å². The fraction of sp³-hybridized carbons (Fsp3) is 0.200. The Morgan fingerprint density at radius 2 is 2.15 bits per heavy atom. The molecule has 5 heteroatoms. The minimum absolute atomic E-state index is 0.0274. The van der Waals surface area contributed by atoms with Gasteiger partial charge in [-0.25, -0.2) is 0 Å². The van der Waals surface area contributed by atoms with Crippen LogP contribution in [0.1, 0.15) is 25.6 Å². The highest BCUT2D eigenvalue weighted by atomic mass is 32.1. The summed E-state index contributed by atoms with van der Waals surface area (Å²) in [6, 6.07) is 9.43. The van der Waals surface area contributed by atoms with Crippen LogP contribution in [0.2, 0.25) is 0 Å². The van der Waals surface area contributed by atoms with E-state index in [1.807, 2.05) is 24.3 Å². The van der Waals surface area contributed by atoms with Crippen LogP contribution in [0.25, 0.3) is 10.4 Å². The number of thiophene rings is 1. The average molecular weight is 287 g/mol. The number of carbonyl (C=O) groups excluding carboxylic acids is 2. The Hall–Kier alpha value is -1.98. The monoisotopic (exact) mass is 287 g/mol. The summed E-state index contributed by atoms with van der Waals surface area (Å²) in [5, 5.41) is 8.96. The van der Waals surface area contributed by atoms with Gasteiger partial charge in [0.15, 0.2) is 6.29 Å². The third kappa shape index (κ3) is 2.15. The lowest BCUT2D eigenvalue weighted by Gasteiger charge is -2.12. The van der Waals surface area contributed by atoms with E-state index < -0.39 is 0 Å². The van der Waals surface area contributed by atoms with E-state index in [0.29, 0.717) is 23.5 Å². The number of aliphatic hydroxyl groups is 1. The predicted molar refractivity (Wildman–Crippen MR) is 77.0 cm³/mol. The highest BCUT2D eigenvalue weighted by Crippen LogP contribution is 2.31. The van der Waals surface area contributed by atoms with Crippen molar-refractivity contribution in [1.82, 2.24) is 4.90 Å². The molecule has 0 saturated carbocycles. The summed E-state index contributed by atoms with van der Waals surface area (Å²) in [4.78, 5) is 26.1. The molecule has 2 aromatic rings. The lowest BCUT2D eigenvalue weighted by Crippen LogP contribution is -2.26. The molecule has 1 N–H and O–H groups in total. The standard InChI is InChI=1S/C15H13NO3S/c17-6-5-16-8-11-7-10(1-3-13(11)15(16)19)14-4-2-12(9-18)20-14/h1-4,7,9,17H,5-6,8H2. The van der Waals surface area contributed by atoms with E-state index in [-0.39, 0.29) is 12.5 Å². The second-order valence-corrected chi connectivity index (χ2v) is 5.76. The zero-order valence-corrected chi connectivity index (χ0v) is 11.5. The topological polar surface area (TPSA) is 57.6 Å². The fourth-order valence-electron chi connectivity index (χ4n) is 2.41. The molecule has 1 amide bonds.